The zero-order valence-electron chi connectivity index (χ0n) is 16.5. The summed E-state index contributed by atoms with van der Waals surface area (Å²) < 4.78 is 0. The number of aryl methyl sites for hydroxylation is 6. The van der Waals surface area contributed by atoms with Gasteiger partial charge < -0.3 is 5.11 Å². The zero-order valence-corrected chi connectivity index (χ0v) is 17.4. The van der Waals surface area contributed by atoms with E-state index in [1.807, 2.05) is 0 Å². The Labute approximate surface area is 158 Å². The molecule has 1 nitrogen and oxygen atoms in total. The molecular weight excluding hydrogens is 335 g/mol. The van der Waals surface area contributed by atoms with Crippen LogP contribution in [0.2, 0.25) is 0 Å². The smallest absolute Gasteiger partial charge is 0.115 e. The lowest BCUT2D eigenvalue weighted by Gasteiger charge is -2.25. The van der Waals surface area contributed by atoms with E-state index in [-0.39, 0.29) is 0 Å². The van der Waals surface area contributed by atoms with Crippen LogP contribution in [0.15, 0.2) is 48.5 Å². The van der Waals surface area contributed by atoms with Gasteiger partial charge in [0, 0.05) is 0 Å². The second-order valence-electron chi connectivity index (χ2n) is 7.30. The van der Waals surface area contributed by atoms with E-state index in [9.17, 15) is 5.11 Å². The van der Waals surface area contributed by atoms with Gasteiger partial charge in [0.25, 0.3) is 0 Å². The van der Waals surface area contributed by atoms with Crippen molar-refractivity contribution in [2.45, 2.75) is 41.5 Å². The molecule has 3 aromatic carbocycles. The van der Waals surface area contributed by atoms with E-state index in [0.29, 0.717) is 5.75 Å². The third-order valence-corrected chi connectivity index (χ3v) is 7.96. The lowest BCUT2D eigenvalue weighted by molar-refractivity contribution is 0.475. The summed E-state index contributed by atoms with van der Waals surface area (Å²) in [5, 5.41) is 13.8. The Hall–Kier alpha value is -2.11. The molecule has 0 saturated carbocycles. The maximum absolute atomic E-state index is 9.76. The Morgan fingerprint density at radius 2 is 0.923 bits per heavy atom. The van der Waals surface area contributed by atoms with Crippen LogP contribution < -0.4 is 15.9 Å². The first-order valence-corrected chi connectivity index (χ1v) is 10.4. The van der Waals surface area contributed by atoms with Gasteiger partial charge in [-0.15, -0.1) is 0 Å². The highest BCUT2D eigenvalue weighted by atomic mass is 31.1. The number of benzene rings is 3. The first-order valence-electron chi connectivity index (χ1n) is 9.03. The van der Waals surface area contributed by atoms with Crippen molar-refractivity contribution in [1.82, 2.24) is 0 Å². The average molecular weight is 362 g/mol. The van der Waals surface area contributed by atoms with Crippen LogP contribution in [0.4, 0.5) is 0 Å². The van der Waals surface area contributed by atoms with E-state index in [1.165, 1.54) is 49.3 Å². The number of hydrogen-bond donors (Lipinski definition) is 1. The van der Waals surface area contributed by atoms with Crippen molar-refractivity contribution < 1.29 is 5.11 Å². The Kier molecular flexibility index (Phi) is 5.21. The lowest BCUT2D eigenvalue weighted by Crippen LogP contribution is -2.25. The van der Waals surface area contributed by atoms with Gasteiger partial charge in [-0.1, -0.05) is 36.4 Å². The van der Waals surface area contributed by atoms with Crippen LogP contribution in [-0.2, 0) is 0 Å². The molecule has 0 heterocycles. The van der Waals surface area contributed by atoms with Crippen molar-refractivity contribution in [2.75, 3.05) is 0 Å². The minimum atomic E-state index is -0.668. The van der Waals surface area contributed by atoms with Crippen LogP contribution in [-0.4, -0.2) is 5.11 Å². The molecule has 3 rings (SSSR count). The summed E-state index contributed by atoms with van der Waals surface area (Å²) in [6.45, 7) is 13.2. The fraction of sp³-hybridized carbons (Fsp3) is 0.250. The summed E-state index contributed by atoms with van der Waals surface area (Å²) in [6, 6.07) is 17.1. The summed E-state index contributed by atoms with van der Waals surface area (Å²) in [7, 11) is -0.668. The number of hydrogen-bond acceptors (Lipinski definition) is 1. The molecule has 0 saturated heterocycles. The Bertz CT molecular complexity index is 897. The first kappa shape index (κ1) is 18.7. The molecular formula is C24H27OP. The number of rotatable bonds is 3. The van der Waals surface area contributed by atoms with E-state index < -0.39 is 7.92 Å². The van der Waals surface area contributed by atoms with Crippen molar-refractivity contribution in [3.63, 3.8) is 0 Å². The van der Waals surface area contributed by atoms with Gasteiger partial charge >= 0.3 is 0 Å². The molecule has 0 amide bonds. The predicted molar refractivity (Wildman–Crippen MR) is 115 cm³/mol. The highest BCUT2D eigenvalue weighted by molar-refractivity contribution is 7.80. The van der Waals surface area contributed by atoms with Crippen LogP contribution >= 0.6 is 7.92 Å². The average Bonchev–Trinajstić information content (AvgIpc) is 2.58. The minimum absolute atomic E-state index is 0.317. The summed E-state index contributed by atoms with van der Waals surface area (Å²) >= 11 is 0. The van der Waals surface area contributed by atoms with Crippen LogP contribution in [0.25, 0.3) is 0 Å². The standard InChI is InChI=1S/C24H27OP/c1-15-11-19(5)23(13-17(15)3)26(22-9-7-21(25)8-10-22)24-14-18(4)16(2)12-20(24)6/h7-14,25H,1-6H3. The molecule has 0 bridgehead atoms. The molecule has 0 fully saturated rings. The molecule has 0 spiro atoms. The SMILES string of the molecule is Cc1cc(C)c(P(c2ccc(O)cc2)c2cc(C)c(C)cc2C)cc1C. The van der Waals surface area contributed by atoms with Crippen LogP contribution in [0.1, 0.15) is 33.4 Å². The Morgan fingerprint density at radius 1 is 0.538 bits per heavy atom. The van der Waals surface area contributed by atoms with Gasteiger partial charge in [-0.3, -0.25) is 0 Å². The maximum atomic E-state index is 9.76. The quantitative estimate of drug-likeness (QED) is 0.650. The van der Waals surface area contributed by atoms with Crippen molar-refractivity contribution in [3.8, 4) is 5.75 Å². The molecule has 2 heteroatoms. The summed E-state index contributed by atoms with van der Waals surface area (Å²) in [4.78, 5) is 0. The molecule has 0 atom stereocenters. The second kappa shape index (κ2) is 7.25. The molecule has 0 aliphatic heterocycles. The lowest BCUT2D eigenvalue weighted by atomic mass is 10.1. The van der Waals surface area contributed by atoms with Gasteiger partial charge in [-0.05, 0) is 111 Å². The fourth-order valence-electron chi connectivity index (χ4n) is 3.38. The van der Waals surface area contributed by atoms with Crippen LogP contribution in [0, 0.1) is 41.5 Å². The van der Waals surface area contributed by atoms with Crippen molar-refractivity contribution in [1.29, 1.82) is 0 Å². The van der Waals surface area contributed by atoms with E-state index in [1.54, 1.807) is 12.1 Å². The molecule has 3 aromatic rings. The van der Waals surface area contributed by atoms with E-state index in [4.69, 9.17) is 0 Å². The number of phenolic OH excluding ortho intramolecular Hbond substituents is 1. The summed E-state index contributed by atoms with van der Waals surface area (Å²) in [5.74, 6) is 0.317. The largest absolute Gasteiger partial charge is 0.508 e. The predicted octanol–water partition coefficient (Wildman–Crippen LogP) is 5.00. The normalized spacial score (nSPS) is 11.2. The van der Waals surface area contributed by atoms with Gasteiger partial charge in [0.15, 0.2) is 0 Å². The minimum Gasteiger partial charge on any atom is -0.508 e. The van der Waals surface area contributed by atoms with Gasteiger partial charge in [0.1, 0.15) is 5.75 Å². The summed E-state index contributed by atoms with van der Waals surface area (Å²) in [6.07, 6.45) is 0. The van der Waals surface area contributed by atoms with Crippen LogP contribution in [0.5, 0.6) is 5.75 Å². The molecule has 0 aromatic heterocycles. The first-order chi connectivity index (χ1) is 12.3. The molecule has 26 heavy (non-hydrogen) atoms. The molecule has 0 aliphatic rings. The van der Waals surface area contributed by atoms with E-state index in [2.05, 4.69) is 77.9 Å². The summed E-state index contributed by atoms with van der Waals surface area (Å²) in [5.41, 5.74) is 8.01. The van der Waals surface area contributed by atoms with E-state index >= 15 is 0 Å². The highest BCUT2D eigenvalue weighted by Crippen LogP contribution is 2.37. The second-order valence-corrected chi connectivity index (χ2v) is 9.45. The van der Waals surface area contributed by atoms with Gasteiger partial charge in [-0.25, -0.2) is 0 Å². The third kappa shape index (κ3) is 3.55. The van der Waals surface area contributed by atoms with E-state index in [0.717, 1.165) is 0 Å². The van der Waals surface area contributed by atoms with Gasteiger partial charge in [0.2, 0.25) is 0 Å². The van der Waals surface area contributed by atoms with Crippen molar-refractivity contribution >= 4 is 23.8 Å². The molecule has 0 radical (unpaired) electrons. The van der Waals surface area contributed by atoms with Crippen molar-refractivity contribution in [3.05, 3.63) is 81.9 Å². The van der Waals surface area contributed by atoms with Gasteiger partial charge in [-0.2, -0.15) is 0 Å². The molecule has 0 unspecified atom stereocenters. The maximum Gasteiger partial charge on any atom is 0.115 e. The Morgan fingerprint density at radius 3 is 1.35 bits per heavy atom. The van der Waals surface area contributed by atoms with Crippen molar-refractivity contribution in [2.24, 2.45) is 0 Å². The Balaban J connectivity index is 2.29. The molecule has 0 aliphatic carbocycles. The number of aromatic hydroxyl groups is 1. The monoisotopic (exact) mass is 362 g/mol. The number of phenols is 1. The fourth-order valence-corrected chi connectivity index (χ4v) is 6.13. The molecule has 134 valence electrons. The topological polar surface area (TPSA) is 20.2 Å². The molecule has 1 N–H and O–H groups in total. The third-order valence-electron chi connectivity index (χ3n) is 5.21. The van der Waals surface area contributed by atoms with Gasteiger partial charge in [0.05, 0.1) is 0 Å². The highest BCUT2D eigenvalue weighted by Gasteiger charge is 2.21. The van der Waals surface area contributed by atoms with Crippen LogP contribution in [0.3, 0.4) is 0 Å². The zero-order chi connectivity index (χ0) is 19.0.